The number of anilines is 1. The lowest BCUT2D eigenvalue weighted by Crippen LogP contribution is -2.24. The molecule has 0 unspecified atom stereocenters. The normalized spacial score (nSPS) is 15.4. The van der Waals surface area contributed by atoms with E-state index in [1.54, 1.807) is 18.9 Å². The molecule has 1 N–H and O–H groups in total. The first kappa shape index (κ1) is 16.5. The number of carbonyl (C=O) groups excluding carboxylic acids is 2. The molecular weight excluding hydrogens is 276 g/mol. The van der Waals surface area contributed by atoms with Gasteiger partial charge in [0.1, 0.15) is 0 Å². The Labute approximate surface area is 132 Å². The van der Waals surface area contributed by atoms with Crippen LogP contribution in [0.15, 0.2) is 24.3 Å². The Balaban J connectivity index is 1.96. The number of amides is 2. The van der Waals surface area contributed by atoms with Crippen LogP contribution < -0.4 is 5.32 Å². The van der Waals surface area contributed by atoms with E-state index >= 15 is 0 Å². The maximum absolute atomic E-state index is 12.3. The van der Waals surface area contributed by atoms with Gasteiger partial charge in [-0.05, 0) is 30.4 Å². The van der Waals surface area contributed by atoms with Crippen LogP contribution in [0.4, 0.5) is 5.69 Å². The highest BCUT2D eigenvalue weighted by Crippen LogP contribution is 2.27. The summed E-state index contributed by atoms with van der Waals surface area (Å²) in [6.07, 6.45) is 6.75. The minimum absolute atomic E-state index is 0.0170. The molecule has 0 saturated heterocycles. The topological polar surface area (TPSA) is 49.4 Å². The van der Waals surface area contributed by atoms with Gasteiger partial charge in [-0.25, -0.2) is 0 Å². The molecule has 0 aromatic heterocycles. The molecule has 4 nitrogen and oxygen atoms in total. The zero-order valence-corrected chi connectivity index (χ0v) is 13.6. The summed E-state index contributed by atoms with van der Waals surface area (Å²) in [5, 5.41) is 3.03. The highest BCUT2D eigenvalue weighted by molar-refractivity contribution is 5.91. The average Bonchev–Trinajstić information content (AvgIpc) is 2.50. The lowest BCUT2D eigenvalue weighted by Gasteiger charge is -2.22. The van der Waals surface area contributed by atoms with E-state index in [0.29, 0.717) is 18.9 Å². The fourth-order valence-corrected chi connectivity index (χ4v) is 3.00. The monoisotopic (exact) mass is 302 g/mol. The Morgan fingerprint density at radius 3 is 2.55 bits per heavy atom. The third kappa shape index (κ3) is 4.86. The molecule has 1 fully saturated rings. The number of hydrogen-bond acceptors (Lipinski definition) is 2. The van der Waals surface area contributed by atoms with Gasteiger partial charge in [0.2, 0.25) is 11.8 Å². The van der Waals surface area contributed by atoms with Crippen molar-refractivity contribution in [2.45, 2.75) is 52.0 Å². The number of nitrogens with one attached hydrogen (secondary N) is 1. The van der Waals surface area contributed by atoms with Crippen molar-refractivity contribution in [2.24, 2.45) is 5.92 Å². The first-order chi connectivity index (χ1) is 10.6. The maximum atomic E-state index is 12.3. The Morgan fingerprint density at radius 2 is 1.86 bits per heavy atom. The van der Waals surface area contributed by atoms with E-state index in [4.69, 9.17) is 0 Å². The van der Waals surface area contributed by atoms with E-state index < -0.39 is 0 Å². The van der Waals surface area contributed by atoms with Gasteiger partial charge in [0.15, 0.2) is 0 Å². The number of hydrogen-bond donors (Lipinski definition) is 1. The van der Waals surface area contributed by atoms with Crippen LogP contribution in [0.2, 0.25) is 0 Å². The largest absolute Gasteiger partial charge is 0.342 e. The zero-order valence-electron chi connectivity index (χ0n) is 13.6. The van der Waals surface area contributed by atoms with Gasteiger partial charge >= 0.3 is 0 Å². The van der Waals surface area contributed by atoms with Gasteiger partial charge in [-0.2, -0.15) is 0 Å². The highest BCUT2D eigenvalue weighted by Gasteiger charge is 2.18. The van der Waals surface area contributed by atoms with Gasteiger partial charge in [0.05, 0.1) is 0 Å². The van der Waals surface area contributed by atoms with Crippen LogP contribution in [-0.2, 0) is 16.1 Å². The Hall–Kier alpha value is -1.84. The van der Waals surface area contributed by atoms with E-state index in [2.05, 4.69) is 5.32 Å². The SMILES string of the molecule is CC(=O)N(C)Cc1ccccc1NC(=O)CC1CCCCC1. The molecule has 120 valence electrons. The maximum Gasteiger partial charge on any atom is 0.224 e. The van der Waals surface area contributed by atoms with Crippen LogP contribution in [0.3, 0.4) is 0 Å². The van der Waals surface area contributed by atoms with E-state index in [-0.39, 0.29) is 11.8 Å². The van der Waals surface area contributed by atoms with E-state index in [1.807, 2.05) is 24.3 Å². The zero-order chi connectivity index (χ0) is 15.9. The highest BCUT2D eigenvalue weighted by atomic mass is 16.2. The van der Waals surface area contributed by atoms with Crippen molar-refractivity contribution in [3.05, 3.63) is 29.8 Å². The predicted octanol–water partition coefficient (Wildman–Crippen LogP) is 3.57. The molecule has 1 saturated carbocycles. The van der Waals surface area contributed by atoms with Crippen molar-refractivity contribution in [3.63, 3.8) is 0 Å². The molecule has 2 amide bonds. The second kappa shape index (κ2) is 7.97. The standard InChI is InChI=1S/C18H26N2O2/c1-14(21)20(2)13-16-10-6-7-11-17(16)19-18(22)12-15-8-4-3-5-9-15/h6-7,10-11,15H,3-5,8-9,12-13H2,1-2H3,(H,19,22). The third-order valence-electron chi connectivity index (χ3n) is 4.44. The molecule has 0 atom stereocenters. The van der Waals surface area contributed by atoms with Crippen molar-refractivity contribution in [2.75, 3.05) is 12.4 Å². The van der Waals surface area contributed by atoms with Gasteiger partial charge in [-0.3, -0.25) is 9.59 Å². The molecular formula is C18H26N2O2. The number of rotatable bonds is 5. The number of carbonyl (C=O) groups is 2. The molecule has 0 heterocycles. The minimum Gasteiger partial charge on any atom is -0.342 e. The summed E-state index contributed by atoms with van der Waals surface area (Å²) in [4.78, 5) is 25.3. The summed E-state index contributed by atoms with van der Waals surface area (Å²) in [5.41, 5.74) is 1.79. The predicted molar refractivity (Wildman–Crippen MR) is 88.4 cm³/mol. The molecule has 0 spiro atoms. The van der Waals surface area contributed by atoms with Crippen molar-refractivity contribution in [3.8, 4) is 0 Å². The van der Waals surface area contributed by atoms with Crippen molar-refractivity contribution < 1.29 is 9.59 Å². The summed E-state index contributed by atoms with van der Waals surface area (Å²) < 4.78 is 0. The Kier molecular flexibility index (Phi) is 5.99. The summed E-state index contributed by atoms with van der Waals surface area (Å²) in [6, 6.07) is 7.70. The van der Waals surface area contributed by atoms with Crippen LogP contribution >= 0.6 is 0 Å². The molecule has 1 aromatic carbocycles. The minimum atomic E-state index is 0.0170. The van der Waals surface area contributed by atoms with Crippen LogP contribution in [0, 0.1) is 5.92 Å². The second-order valence-corrected chi connectivity index (χ2v) is 6.29. The molecule has 4 heteroatoms. The number of nitrogens with zero attached hydrogens (tertiary/aromatic N) is 1. The van der Waals surface area contributed by atoms with Gasteiger partial charge in [-0.1, -0.05) is 37.5 Å². The third-order valence-corrected chi connectivity index (χ3v) is 4.44. The van der Waals surface area contributed by atoms with Crippen molar-refractivity contribution in [1.29, 1.82) is 0 Å². The summed E-state index contributed by atoms with van der Waals surface area (Å²) in [7, 11) is 1.77. The lowest BCUT2D eigenvalue weighted by molar-refractivity contribution is -0.128. The van der Waals surface area contributed by atoms with Crippen LogP contribution in [0.1, 0.15) is 51.0 Å². The summed E-state index contributed by atoms with van der Waals surface area (Å²) >= 11 is 0. The number of para-hydroxylation sites is 1. The van der Waals surface area contributed by atoms with E-state index in [0.717, 1.165) is 11.3 Å². The molecule has 1 aromatic rings. The number of benzene rings is 1. The lowest BCUT2D eigenvalue weighted by atomic mass is 9.87. The average molecular weight is 302 g/mol. The second-order valence-electron chi connectivity index (χ2n) is 6.29. The van der Waals surface area contributed by atoms with E-state index in [9.17, 15) is 9.59 Å². The smallest absolute Gasteiger partial charge is 0.224 e. The summed E-state index contributed by atoms with van der Waals surface area (Å²) in [6.45, 7) is 2.06. The van der Waals surface area contributed by atoms with Crippen LogP contribution in [-0.4, -0.2) is 23.8 Å². The molecule has 2 rings (SSSR count). The molecule has 0 aliphatic heterocycles. The van der Waals surface area contributed by atoms with Gasteiger partial charge in [0.25, 0.3) is 0 Å². The quantitative estimate of drug-likeness (QED) is 0.904. The Bertz CT molecular complexity index is 522. The fourth-order valence-electron chi connectivity index (χ4n) is 3.00. The van der Waals surface area contributed by atoms with Crippen molar-refractivity contribution in [1.82, 2.24) is 4.90 Å². The van der Waals surface area contributed by atoms with E-state index in [1.165, 1.54) is 32.1 Å². The molecule has 0 bridgehead atoms. The fraction of sp³-hybridized carbons (Fsp3) is 0.556. The molecule has 22 heavy (non-hydrogen) atoms. The Morgan fingerprint density at radius 1 is 1.18 bits per heavy atom. The van der Waals surface area contributed by atoms with Gasteiger partial charge < -0.3 is 10.2 Å². The van der Waals surface area contributed by atoms with Crippen molar-refractivity contribution >= 4 is 17.5 Å². The molecule has 1 aliphatic rings. The van der Waals surface area contributed by atoms with Gasteiger partial charge in [-0.15, -0.1) is 0 Å². The van der Waals surface area contributed by atoms with Crippen LogP contribution in [0.5, 0.6) is 0 Å². The first-order valence-electron chi connectivity index (χ1n) is 8.15. The molecule has 1 aliphatic carbocycles. The summed E-state index contributed by atoms with van der Waals surface area (Å²) in [5.74, 6) is 0.633. The van der Waals surface area contributed by atoms with Crippen LogP contribution in [0.25, 0.3) is 0 Å². The molecule has 0 radical (unpaired) electrons. The first-order valence-corrected chi connectivity index (χ1v) is 8.15. The van der Waals surface area contributed by atoms with Gasteiger partial charge in [0, 0.05) is 32.6 Å².